The van der Waals surface area contributed by atoms with E-state index in [4.69, 9.17) is 9.47 Å². The Labute approximate surface area is 110 Å². The van der Waals surface area contributed by atoms with Crippen molar-refractivity contribution < 1.29 is 14.3 Å². The molecule has 2 rings (SSSR count). The molecule has 3 nitrogen and oxygen atoms in total. The third-order valence-electron chi connectivity index (χ3n) is 4.81. The lowest BCUT2D eigenvalue weighted by atomic mass is 9.81. The quantitative estimate of drug-likeness (QED) is 0.572. The second kappa shape index (κ2) is 4.52. The van der Waals surface area contributed by atoms with Crippen molar-refractivity contribution in [2.75, 3.05) is 6.61 Å². The maximum Gasteiger partial charge on any atom is 0.341 e. The van der Waals surface area contributed by atoms with E-state index < -0.39 is 5.60 Å². The van der Waals surface area contributed by atoms with E-state index in [-0.39, 0.29) is 11.6 Å². The molecule has 1 aliphatic carbocycles. The predicted molar refractivity (Wildman–Crippen MR) is 70.3 cm³/mol. The molecule has 1 heterocycles. The van der Waals surface area contributed by atoms with Gasteiger partial charge in [-0.15, -0.1) is 0 Å². The first-order valence-corrected chi connectivity index (χ1v) is 7.29. The number of hydrogen-bond donors (Lipinski definition) is 0. The van der Waals surface area contributed by atoms with Crippen molar-refractivity contribution in [1.82, 2.24) is 0 Å². The molecule has 1 aliphatic heterocycles. The second-order valence-electron chi connectivity index (χ2n) is 6.52. The molecule has 0 amide bonds. The van der Waals surface area contributed by atoms with E-state index in [9.17, 15) is 4.79 Å². The van der Waals surface area contributed by atoms with Crippen LogP contribution in [0.3, 0.4) is 0 Å². The summed E-state index contributed by atoms with van der Waals surface area (Å²) in [6.07, 6.45) is 6.23. The van der Waals surface area contributed by atoms with E-state index in [1.807, 2.05) is 13.8 Å². The van der Waals surface area contributed by atoms with Gasteiger partial charge in [0.1, 0.15) is 5.60 Å². The lowest BCUT2D eigenvalue weighted by molar-refractivity contribution is -0.149. The van der Waals surface area contributed by atoms with Crippen molar-refractivity contribution in [3.05, 3.63) is 0 Å². The Morgan fingerprint density at radius 1 is 1.17 bits per heavy atom. The van der Waals surface area contributed by atoms with Crippen molar-refractivity contribution in [3.8, 4) is 0 Å². The minimum Gasteiger partial charge on any atom is -0.464 e. The van der Waals surface area contributed by atoms with Gasteiger partial charge in [0, 0.05) is 0 Å². The number of epoxide rings is 1. The average Bonchev–Trinajstić information content (AvgIpc) is 3.00. The first-order valence-electron chi connectivity index (χ1n) is 7.29. The van der Waals surface area contributed by atoms with Crippen LogP contribution in [0, 0.1) is 5.41 Å². The summed E-state index contributed by atoms with van der Waals surface area (Å²) in [5, 5.41) is 0. The summed E-state index contributed by atoms with van der Waals surface area (Å²) in [4.78, 5) is 12.2. The zero-order valence-corrected chi connectivity index (χ0v) is 12.2. The molecule has 2 aliphatic rings. The van der Waals surface area contributed by atoms with Gasteiger partial charge in [0.05, 0.1) is 6.61 Å². The molecule has 3 heteroatoms. The molecule has 1 saturated carbocycles. The number of esters is 1. The molecule has 0 aromatic rings. The molecule has 2 fully saturated rings. The van der Waals surface area contributed by atoms with Crippen LogP contribution < -0.4 is 0 Å². The van der Waals surface area contributed by atoms with E-state index >= 15 is 0 Å². The van der Waals surface area contributed by atoms with Crippen LogP contribution in [0.1, 0.15) is 66.2 Å². The van der Waals surface area contributed by atoms with E-state index in [1.165, 1.54) is 6.42 Å². The van der Waals surface area contributed by atoms with Gasteiger partial charge < -0.3 is 9.47 Å². The third kappa shape index (κ3) is 2.07. The number of ether oxygens (including phenoxy) is 2. The van der Waals surface area contributed by atoms with Gasteiger partial charge in [-0.25, -0.2) is 4.79 Å². The fraction of sp³-hybridized carbons (Fsp3) is 0.933. The molecule has 0 aromatic heterocycles. The minimum atomic E-state index is -0.635. The van der Waals surface area contributed by atoms with Gasteiger partial charge in [-0.05, 0) is 50.9 Å². The Morgan fingerprint density at radius 3 is 2.50 bits per heavy atom. The highest BCUT2D eigenvalue weighted by Gasteiger charge is 2.73. The van der Waals surface area contributed by atoms with Crippen LogP contribution in [0.15, 0.2) is 0 Å². The standard InChI is InChI=1S/C15H26O3/c1-5-15(12(16)17-6-2)14(18-15)9-7-8-13(3,4)10-11-14/h5-11H2,1-4H3. The average molecular weight is 254 g/mol. The lowest BCUT2D eigenvalue weighted by Crippen LogP contribution is -2.35. The highest BCUT2D eigenvalue weighted by molar-refractivity contribution is 5.85. The molecule has 0 N–H and O–H groups in total. The molecule has 2 unspecified atom stereocenters. The van der Waals surface area contributed by atoms with Crippen LogP contribution in [0.5, 0.6) is 0 Å². The summed E-state index contributed by atoms with van der Waals surface area (Å²) < 4.78 is 11.2. The highest BCUT2D eigenvalue weighted by atomic mass is 16.7. The zero-order valence-electron chi connectivity index (χ0n) is 12.2. The smallest absolute Gasteiger partial charge is 0.341 e. The van der Waals surface area contributed by atoms with Crippen molar-refractivity contribution in [3.63, 3.8) is 0 Å². The highest BCUT2D eigenvalue weighted by Crippen LogP contribution is 2.59. The topological polar surface area (TPSA) is 38.8 Å². The molecule has 18 heavy (non-hydrogen) atoms. The van der Waals surface area contributed by atoms with E-state index in [0.717, 1.165) is 32.1 Å². The van der Waals surface area contributed by atoms with Gasteiger partial charge in [0.15, 0.2) is 5.60 Å². The van der Waals surface area contributed by atoms with Crippen LogP contribution in [0.2, 0.25) is 0 Å². The minimum absolute atomic E-state index is 0.146. The van der Waals surface area contributed by atoms with Crippen LogP contribution >= 0.6 is 0 Å². The molecule has 0 radical (unpaired) electrons. The van der Waals surface area contributed by atoms with Gasteiger partial charge in [-0.1, -0.05) is 20.8 Å². The summed E-state index contributed by atoms with van der Waals surface area (Å²) in [6, 6.07) is 0. The Kier molecular flexibility index (Phi) is 3.48. The fourth-order valence-corrected chi connectivity index (χ4v) is 3.47. The van der Waals surface area contributed by atoms with Crippen LogP contribution in [-0.2, 0) is 14.3 Å². The van der Waals surface area contributed by atoms with Gasteiger partial charge in [-0.3, -0.25) is 0 Å². The molecule has 0 aromatic carbocycles. The molecule has 1 saturated heterocycles. The summed E-state index contributed by atoms with van der Waals surface area (Å²) in [6.45, 7) is 8.94. The fourth-order valence-electron chi connectivity index (χ4n) is 3.47. The van der Waals surface area contributed by atoms with Crippen molar-refractivity contribution in [2.24, 2.45) is 5.41 Å². The van der Waals surface area contributed by atoms with Crippen LogP contribution in [-0.4, -0.2) is 23.8 Å². The molecule has 1 spiro atoms. The Morgan fingerprint density at radius 2 is 1.89 bits per heavy atom. The summed E-state index contributed by atoms with van der Waals surface area (Å²) >= 11 is 0. The zero-order chi connectivity index (χ0) is 13.4. The van der Waals surface area contributed by atoms with E-state index in [2.05, 4.69) is 13.8 Å². The molecular formula is C15H26O3. The van der Waals surface area contributed by atoms with E-state index in [0.29, 0.717) is 12.0 Å². The third-order valence-corrected chi connectivity index (χ3v) is 4.81. The number of carbonyl (C=O) groups is 1. The number of carbonyl (C=O) groups excluding carboxylic acids is 1. The molecular weight excluding hydrogens is 228 g/mol. The summed E-state index contributed by atoms with van der Waals surface area (Å²) in [7, 11) is 0. The van der Waals surface area contributed by atoms with Crippen molar-refractivity contribution in [1.29, 1.82) is 0 Å². The van der Waals surface area contributed by atoms with Crippen molar-refractivity contribution in [2.45, 2.75) is 77.4 Å². The van der Waals surface area contributed by atoms with E-state index in [1.54, 1.807) is 0 Å². The molecule has 0 bridgehead atoms. The lowest BCUT2D eigenvalue weighted by Gasteiger charge is -2.21. The van der Waals surface area contributed by atoms with Gasteiger partial charge in [0.2, 0.25) is 0 Å². The molecule has 2 atom stereocenters. The first kappa shape index (κ1) is 13.9. The molecule has 104 valence electrons. The Hall–Kier alpha value is -0.570. The maximum atomic E-state index is 12.2. The van der Waals surface area contributed by atoms with Gasteiger partial charge >= 0.3 is 5.97 Å². The predicted octanol–water partition coefficient (Wildman–Crippen LogP) is 3.46. The summed E-state index contributed by atoms with van der Waals surface area (Å²) in [5.41, 5.74) is -0.477. The van der Waals surface area contributed by atoms with Crippen LogP contribution in [0.25, 0.3) is 0 Å². The van der Waals surface area contributed by atoms with Gasteiger partial charge in [0.25, 0.3) is 0 Å². The Balaban J connectivity index is 2.12. The number of hydrogen-bond acceptors (Lipinski definition) is 3. The SMILES string of the molecule is CCOC(=O)C1(CC)OC12CCCC(C)(C)CC2. The maximum absolute atomic E-state index is 12.2. The monoisotopic (exact) mass is 254 g/mol. The Bertz CT molecular complexity index is 337. The summed E-state index contributed by atoms with van der Waals surface area (Å²) in [5.74, 6) is -0.146. The largest absolute Gasteiger partial charge is 0.464 e. The van der Waals surface area contributed by atoms with Gasteiger partial charge in [-0.2, -0.15) is 0 Å². The first-order chi connectivity index (χ1) is 8.41. The van der Waals surface area contributed by atoms with Crippen molar-refractivity contribution >= 4 is 5.97 Å². The second-order valence-corrected chi connectivity index (χ2v) is 6.52. The van der Waals surface area contributed by atoms with Crippen LogP contribution in [0.4, 0.5) is 0 Å². The number of rotatable bonds is 3. The normalized spacial score (nSPS) is 38.2.